The number of nitrogens with one attached hydrogen (secondary N) is 1. The molecule has 106 valence electrons. The number of anilines is 1. The van der Waals surface area contributed by atoms with Gasteiger partial charge in [-0.25, -0.2) is 9.97 Å². The molecule has 5 nitrogen and oxygen atoms in total. The minimum atomic E-state index is 0.301. The Balaban J connectivity index is 2.14. The molecule has 0 fully saturated rings. The third-order valence-electron chi connectivity index (χ3n) is 2.83. The smallest absolute Gasteiger partial charge is 0.168 e. The second-order valence-electron chi connectivity index (χ2n) is 4.50. The largest absolute Gasteiger partial charge is 0.493 e. The zero-order valence-electron chi connectivity index (χ0n) is 12.2. The third kappa shape index (κ3) is 3.38. The zero-order valence-corrected chi connectivity index (χ0v) is 12.2. The number of rotatable bonds is 5. The predicted molar refractivity (Wildman–Crippen MR) is 78.4 cm³/mol. The molecule has 0 atom stereocenters. The maximum atomic E-state index is 5.75. The molecule has 1 heterocycles. The van der Waals surface area contributed by atoms with Crippen LogP contribution in [-0.2, 0) is 6.61 Å². The van der Waals surface area contributed by atoms with Gasteiger partial charge in [-0.15, -0.1) is 0 Å². The molecule has 0 aliphatic rings. The van der Waals surface area contributed by atoms with Crippen LogP contribution in [0.5, 0.6) is 11.5 Å². The van der Waals surface area contributed by atoms with E-state index in [-0.39, 0.29) is 0 Å². The Kier molecular flexibility index (Phi) is 4.40. The van der Waals surface area contributed by atoms with Crippen LogP contribution in [0.3, 0.4) is 0 Å². The van der Waals surface area contributed by atoms with Gasteiger partial charge in [0.1, 0.15) is 12.4 Å². The van der Waals surface area contributed by atoms with Gasteiger partial charge in [-0.1, -0.05) is 6.07 Å². The Morgan fingerprint density at radius 3 is 2.60 bits per heavy atom. The summed E-state index contributed by atoms with van der Waals surface area (Å²) in [7, 11) is 3.46. The van der Waals surface area contributed by atoms with Gasteiger partial charge in [0, 0.05) is 18.8 Å². The predicted octanol–water partition coefficient (Wildman–Crippen LogP) is 2.72. The van der Waals surface area contributed by atoms with Crippen LogP contribution >= 0.6 is 0 Å². The Morgan fingerprint density at radius 1 is 1.10 bits per heavy atom. The minimum Gasteiger partial charge on any atom is -0.493 e. The highest BCUT2D eigenvalue weighted by Crippen LogP contribution is 2.28. The van der Waals surface area contributed by atoms with E-state index in [9.17, 15) is 0 Å². The molecule has 1 aromatic carbocycles. The van der Waals surface area contributed by atoms with Crippen LogP contribution in [0.2, 0.25) is 0 Å². The first-order chi connectivity index (χ1) is 9.62. The van der Waals surface area contributed by atoms with Crippen molar-refractivity contribution in [2.24, 2.45) is 0 Å². The van der Waals surface area contributed by atoms with E-state index in [1.165, 1.54) is 0 Å². The summed E-state index contributed by atoms with van der Waals surface area (Å²) in [5.74, 6) is 2.82. The van der Waals surface area contributed by atoms with E-state index in [1.54, 1.807) is 7.11 Å². The summed E-state index contributed by atoms with van der Waals surface area (Å²) in [6, 6.07) is 7.69. The number of aromatic nitrogens is 2. The molecule has 0 amide bonds. The number of aryl methyl sites for hydroxylation is 2. The highest BCUT2D eigenvalue weighted by Gasteiger charge is 2.07. The Bertz CT molecular complexity index is 600. The number of nitrogens with zero attached hydrogens (tertiary/aromatic N) is 2. The van der Waals surface area contributed by atoms with Crippen molar-refractivity contribution in [1.29, 1.82) is 0 Å². The van der Waals surface area contributed by atoms with E-state index in [0.717, 1.165) is 17.1 Å². The second-order valence-corrected chi connectivity index (χ2v) is 4.50. The lowest BCUT2D eigenvalue weighted by molar-refractivity contribution is 0.276. The van der Waals surface area contributed by atoms with Crippen molar-refractivity contribution in [2.45, 2.75) is 20.5 Å². The number of methoxy groups -OCH3 is 1. The summed E-state index contributed by atoms with van der Waals surface area (Å²) in [5, 5.41) is 3.01. The lowest BCUT2D eigenvalue weighted by atomic mass is 10.2. The molecule has 5 heteroatoms. The zero-order chi connectivity index (χ0) is 14.5. The van der Waals surface area contributed by atoms with Gasteiger partial charge >= 0.3 is 0 Å². The van der Waals surface area contributed by atoms with Crippen LogP contribution in [0.1, 0.15) is 17.1 Å². The van der Waals surface area contributed by atoms with Crippen molar-refractivity contribution in [2.75, 3.05) is 19.5 Å². The molecule has 2 rings (SSSR count). The summed E-state index contributed by atoms with van der Waals surface area (Å²) in [5.41, 5.74) is 2.03. The second kappa shape index (κ2) is 6.23. The molecule has 1 aromatic heterocycles. The molecule has 0 spiro atoms. The van der Waals surface area contributed by atoms with Crippen LogP contribution in [0, 0.1) is 13.8 Å². The molecule has 20 heavy (non-hydrogen) atoms. The van der Waals surface area contributed by atoms with Gasteiger partial charge < -0.3 is 14.8 Å². The van der Waals surface area contributed by atoms with Gasteiger partial charge in [-0.3, -0.25) is 0 Å². The molecule has 1 N–H and O–H groups in total. The first-order valence-corrected chi connectivity index (χ1v) is 6.42. The molecule has 0 saturated heterocycles. The summed E-state index contributed by atoms with van der Waals surface area (Å²) < 4.78 is 11.1. The Labute approximate surface area is 119 Å². The fourth-order valence-electron chi connectivity index (χ4n) is 1.86. The highest BCUT2D eigenvalue weighted by molar-refractivity contribution is 5.42. The number of ether oxygens (including phenoxy) is 2. The van der Waals surface area contributed by atoms with Crippen molar-refractivity contribution in [3.8, 4) is 11.5 Å². The Hall–Kier alpha value is -2.30. The van der Waals surface area contributed by atoms with E-state index in [0.29, 0.717) is 23.9 Å². The normalized spacial score (nSPS) is 10.2. The van der Waals surface area contributed by atoms with Gasteiger partial charge in [0.2, 0.25) is 0 Å². The van der Waals surface area contributed by atoms with Crippen LogP contribution in [0.4, 0.5) is 5.82 Å². The highest BCUT2D eigenvalue weighted by atomic mass is 16.5. The summed E-state index contributed by atoms with van der Waals surface area (Å²) >= 11 is 0. The van der Waals surface area contributed by atoms with Crippen LogP contribution in [0.25, 0.3) is 0 Å². The summed E-state index contributed by atoms with van der Waals surface area (Å²) in [6.45, 7) is 4.24. The molecular formula is C15H19N3O2. The summed E-state index contributed by atoms with van der Waals surface area (Å²) in [4.78, 5) is 8.71. The monoisotopic (exact) mass is 273 g/mol. The molecule has 0 unspecified atom stereocenters. The van der Waals surface area contributed by atoms with Crippen molar-refractivity contribution >= 4 is 5.82 Å². The Morgan fingerprint density at radius 2 is 1.90 bits per heavy atom. The van der Waals surface area contributed by atoms with Crippen LogP contribution in [-0.4, -0.2) is 24.1 Å². The third-order valence-corrected chi connectivity index (χ3v) is 2.83. The molecular weight excluding hydrogens is 254 g/mol. The van der Waals surface area contributed by atoms with E-state index in [1.807, 2.05) is 45.2 Å². The van der Waals surface area contributed by atoms with Gasteiger partial charge in [0.05, 0.1) is 7.11 Å². The minimum absolute atomic E-state index is 0.301. The van der Waals surface area contributed by atoms with Gasteiger partial charge in [-0.2, -0.15) is 0 Å². The summed E-state index contributed by atoms with van der Waals surface area (Å²) in [6.07, 6.45) is 0. The quantitative estimate of drug-likeness (QED) is 0.907. The van der Waals surface area contributed by atoms with Crippen molar-refractivity contribution in [1.82, 2.24) is 9.97 Å². The van der Waals surface area contributed by atoms with Crippen molar-refractivity contribution < 1.29 is 9.47 Å². The van der Waals surface area contributed by atoms with E-state index in [4.69, 9.17) is 9.47 Å². The maximum Gasteiger partial charge on any atom is 0.168 e. The SMILES string of the molecule is CNc1cc(C)nc(COc2ccc(C)cc2OC)n1. The van der Waals surface area contributed by atoms with Crippen LogP contribution < -0.4 is 14.8 Å². The van der Waals surface area contributed by atoms with Gasteiger partial charge in [-0.05, 0) is 31.5 Å². The van der Waals surface area contributed by atoms with Crippen molar-refractivity contribution in [3.63, 3.8) is 0 Å². The number of hydrogen-bond acceptors (Lipinski definition) is 5. The van der Waals surface area contributed by atoms with E-state index >= 15 is 0 Å². The first kappa shape index (κ1) is 14.1. The topological polar surface area (TPSA) is 56.3 Å². The van der Waals surface area contributed by atoms with Crippen molar-refractivity contribution in [3.05, 3.63) is 41.3 Å². The fraction of sp³-hybridized carbons (Fsp3) is 0.333. The number of hydrogen-bond donors (Lipinski definition) is 1. The standard InChI is InChI=1S/C15H19N3O2/c1-10-5-6-12(13(7-10)19-4)20-9-15-17-11(2)8-14(16-3)18-15/h5-8H,9H2,1-4H3,(H,16,17,18). The lowest BCUT2D eigenvalue weighted by Gasteiger charge is -2.11. The number of benzene rings is 1. The molecule has 0 saturated carbocycles. The van der Waals surface area contributed by atoms with Gasteiger partial charge in [0.25, 0.3) is 0 Å². The molecule has 0 aliphatic carbocycles. The van der Waals surface area contributed by atoms with E-state index < -0.39 is 0 Å². The molecule has 2 aromatic rings. The van der Waals surface area contributed by atoms with Crippen LogP contribution in [0.15, 0.2) is 24.3 Å². The first-order valence-electron chi connectivity index (χ1n) is 6.42. The molecule has 0 radical (unpaired) electrons. The average Bonchev–Trinajstić information content (AvgIpc) is 2.45. The molecule has 0 aliphatic heterocycles. The van der Waals surface area contributed by atoms with Gasteiger partial charge in [0.15, 0.2) is 17.3 Å². The fourth-order valence-corrected chi connectivity index (χ4v) is 1.86. The molecule has 0 bridgehead atoms. The maximum absolute atomic E-state index is 5.75. The lowest BCUT2D eigenvalue weighted by Crippen LogP contribution is -2.06. The average molecular weight is 273 g/mol. The van der Waals surface area contributed by atoms with E-state index in [2.05, 4.69) is 15.3 Å².